The molecule has 1 atom stereocenters. The van der Waals surface area contributed by atoms with Gasteiger partial charge in [-0.2, -0.15) is 0 Å². The maximum Gasteiger partial charge on any atom is 0.243 e. The van der Waals surface area contributed by atoms with Crippen molar-refractivity contribution in [1.82, 2.24) is 10.2 Å². The second-order valence-corrected chi connectivity index (χ2v) is 7.92. The average Bonchev–Trinajstić information content (AvgIpc) is 3.22. The number of carbonyl (C=O) groups excluding carboxylic acids is 3. The van der Waals surface area contributed by atoms with Crippen molar-refractivity contribution in [3.63, 3.8) is 0 Å². The lowest BCUT2D eigenvalue weighted by Gasteiger charge is -2.28. The van der Waals surface area contributed by atoms with E-state index in [0.29, 0.717) is 24.2 Å². The van der Waals surface area contributed by atoms with Crippen molar-refractivity contribution in [1.29, 1.82) is 5.41 Å². The Morgan fingerprint density at radius 1 is 1.07 bits per heavy atom. The molecule has 1 heterocycles. The third-order valence-electron chi connectivity index (χ3n) is 5.81. The minimum atomic E-state index is -0.406. The number of likely N-dealkylation sites (tertiary alicyclic amines) is 1. The van der Waals surface area contributed by atoms with Gasteiger partial charge in [0.2, 0.25) is 11.8 Å². The van der Waals surface area contributed by atoms with E-state index in [1.54, 1.807) is 29.2 Å². The third kappa shape index (κ3) is 5.22. The molecule has 2 fully saturated rings. The van der Waals surface area contributed by atoms with Gasteiger partial charge in [0.1, 0.15) is 11.8 Å². The van der Waals surface area contributed by atoms with Crippen LogP contribution in [0.5, 0.6) is 0 Å². The number of benzene rings is 1. The number of amides is 2. The van der Waals surface area contributed by atoms with Gasteiger partial charge < -0.3 is 15.5 Å². The Balaban J connectivity index is 1.59. The summed E-state index contributed by atoms with van der Waals surface area (Å²) in [5, 5.41) is 14.1. The number of rotatable bonds is 7. The normalized spacial score (nSPS) is 19.6. The van der Waals surface area contributed by atoms with Crippen molar-refractivity contribution in [2.45, 2.75) is 64.0 Å². The van der Waals surface area contributed by atoms with Crippen LogP contribution in [-0.2, 0) is 14.4 Å². The molecule has 1 aromatic carbocycles. The first-order valence-electron chi connectivity index (χ1n) is 10.5. The molecule has 29 heavy (non-hydrogen) atoms. The number of para-hydroxylation sites is 1. The summed E-state index contributed by atoms with van der Waals surface area (Å²) in [6, 6.07) is 6.81. The summed E-state index contributed by atoms with van der Waals surface area (Å²) < 4.78 is 0. The van der Waals surface area contributed by atoms with Gasteiger partial charge in [0.25, 0.3) is 0 Å². The largest absolute Gasteiger partial charge is 0.376 e. The fourth-order valence-corrected chi connectivity index (χ4v) is 4.20. The van der Waals surface area contributed by atoms with Gasteiger partial charge in [-0.15, -0.1) is 0 Å². The number of anilines is 1. The average molecular weight is 399 g/mol. The molecule has 1 saturated heterocycles. The molecule has 3 rings (SSSR count). The molecule has 7 heteroatoms. The molecule has 1 saturated carbocycles. The van der Waals surface area contributed by atoms with E-state index >= 15 is 0 Å². The predicted molar refractivity (Wildman–Crippen MR) is 112 cm³/mol. The highest BCUT2D eigenvalue weighted by atomic mass is 16.2. The van der Waals surface area contributed by atoms with Crippen molar-refractivity contribution < 1.29 is 14.4 Å². The molecule has 1 aliphatic heterocycles. The number of Topliss-reactive ketones (excluding diaryl/α,β-unsaturated/α-hetero) is 1. The maximum atomic E-state index is 12.8. The van der Waals surface area contributed by atoms with Crippen LogP contribution in [0.2, 0.25) is 0 Å². The fourth-order valence-electron chi connectivity index (χ4n) is 4.20. The molecule has 0 aromatic heterocycles. The summed E-state index contributed by atoms with van der Waals surface area (Å²) in [5.41, 5.74) is 0.954. The highest BCUT2D eigenvalue weighted by Crippen LogP contribution is 2.22. The van der Waals surface area contributed by atoms with E-state index in [-0.39, 0.29) is 35.9 Å². The predicted octanol–water partition coefficient (Wildman–Crippen LogP) is 2.50. The molecular formula is C22H30N4O3. The Bertz CT molecular complexity index is 786. The van der Waals surface area contributed by atoms with Crippen molar-refractivity contribution in [3.8, 4) is 0 Å². The van der Waals surface area contributed by atoms with E-state index in [1.165, 1.54) is 13.3 Å². The Hall–Kier alpha value is -2.70. The lowest BCUT2D eigenvalue weighted by atomic mass is 9.95. The van der Waals surface area contributed by atoms with Crippen molar-refractivity contribution >= 4 is 29.0 Å². The van der Waals surface area contributed by atoms with Gasteiger partial charge in [-0.1, -0.05) is 37.5 Å². The van der Waals surface area contributed by atoms with E-state index in [4.69, 9.17) is 5.41 Å². The number of hydrogen-bond acceptors (Lipinski definition) is 5. The molecule has 7 nitrogen and oxygen atoms in total. The summed E-state index contributed by atoms with van der Waals surface area (Å²) in [5.74, 6) is -0.512. The standard InChI is InChI=1S/C22H30N4O3/c1-15(27)21(23)17-10-5-6-11-18(17)24-14-20(28)26-13-7-12-19(26)22(29)25-16-8-3-2-4-9-16/h5-6,10-11,16,19,23-24H,2-4,7-9,12-14H2,1H3,(H,25,29)/t19-/m0/s1. The number of nitrogens with one attached hydrogen (secondary N) is 3. The summed E-state index contributed by atoms with van der Waals surface area (Å²) in [6.07, 6.45) is 7.08. The van der Waals surface area contributed by atoms with Crippen LogP contribution in [0.4, 0.5) is 5.69 Å². The second kappa shape index (κ2) is 9.67. The third-order valence-corrected chi connectivity index (χ3v) is 5.81. The number of carbonyl (C=O) groups is 3. The molecule has 0 spiro atoms. The lowest BCUT2D eigenvalue weighted by Crippen LogP contribution is -2.50. The quantitative estimate of drug-likeness (QED) is 0.614. The Morgan fingerprint density at radius 3 is 2.52 bits per heavy atom. The van der Waals surface area contributed by atoms with Gasteiger partial charge >= 0.3 is 0 Å². The van der Waals surface area contributed by atoms with Crippen LogP contribution in [0.3, 0.4) is 0 Å². The van der Waals surface area contributed by atoms with Crippen LogP contribution in [0.25, 0.3) is 0 Å². The Labute approximate surface area is 171 Å². The van der Waals surface area contributed by atoms with E-state index < -0.39 is 6.04 Å². The van der Waals surface area contributed by atoms with Gasteiger partial charge in [-0.3, -0.25) is 19.8 Å². The number of nitrogens with zero attached hydrogens (tertiary/aromatic N) is 1. The fraction of sp³-hybridized carbons (Fsp3) is 0.545. The molecular weight excluding hydrogens is 368 g/mol. The van der Waals surface area contributed by atoms with Gasteiger partial charge in [0.15, 0.2) is 5.78 Å². The van der Waals surface area contributed by atoms with Crippen LogP contribution < -0.4 is 10.6 Å². The minimum Gasteiger partial charge on any atom is -0.376 e. The molecule has 2 amide bonds. The maximum absolute atomic E-state index is 12.8. The molecule has 156 valence electrons. The van der Waals surface area contributed by atoms with E-state index in [1.807, 2.05) is 0 Å². The van der Waals surface area contributed by atoms with Crippen LogP contribution in [0.15, 0.2) is 24.3 Å². The highest BCUT2D eigenvalue weighted by Gasteiger charge is 2.34. The zero-order chi connectivity index (χ0) is 20.8. The van der Waals surface area contributed by atoms with Crippen LogP contribution >= 0.6 is 0 Å². The molecule has 3 N–H and O–H groups in total. The second-order valence-electron chi connectivity index (χ2n) is 7.92. The monoisotopic (exact) mass is 398 g/mol. The molecule has 0 radical (unpaired) electrons. The van der Waals surface area contributed by atoms with Gasteiger partial charge in [-0.05, 0) is 31.7 Å². The summed E-state index contributed by atoms with van der Waals surface area (Å²) in [4.78, 5) is 38.7. The summed E-state index contributed by atoms with van der Waals surface area (Å²) >= 11 is 0. The first-order chi connectivity index (χ1) is 14.0. The molecule has 1 aromatic rings. The van der Waals surface area contributed by atoms with Crippen molar-refractivity contribution in [3.05, 3.63) is 29.8 Å². The first kappa shape index (κ1) is 21.0. The van der Waals surface area contributed by atoms with Gasteiger partial charge in [0.05, 0.1) is 6.54 Å². The Kier molecular flexibility index (Phi) is 7.01. The molecule has 0 unspecified atom stereocenters. The Morgan fingerprint density at radius 2 is 1.79 bits per heavy atom. The van der Waals surface area contributed by atoms with Gasteiger partial charge in [0, 0.05) is 30.8 Å². The van der Waals surface area contributed by atoms with Crippen molar-refractivity contribution in [2.75, 3.05) is 18.4 Å². The zero-order valence-electron chi connectivity index (χ0n) is 17.0. The topological polar surface area (TPSA) is 102 Å². The van der Waals surface area contributed by atoms with E-state index in [9.17, 15) is 14.4 Å². The minimum absolute atomic E-state index is 0.0232. The molecule has 0 bridgehead atoms. The number of ketones is 1. The van der Waals surface area contributed by atoms with Crippen LogP contribution in [-0.4, -0.2) is 53.4 Å². The van der Waals surface area contributed by atoms with Gasteiger partial charge in [-0.25, -0.2) is 0 Å². The number of hydrogen-bond donors (Lipinski definition) is 3. The van der Waals surface area contributed by atoms with Crippen LogP contribution in [0.1, 0.15) is 57.4 Å². The SMILES string of the molecule is CC(=O)C(=N)c1ccccc1NCC(=O)N1CCC[C@H]1C(=O)NC1CCCCC1. The first-order valence-corrected chi connectivity index (χ1v) is 10.5. The lowest BCUT2D eigenvalue weighted by molar-refractivity contribution is -0.137. The smallest absolute Gasteiger partial charge is 0.243 e. The van der Waals surface area contributed by atoms with E-state index in [0.717, 1.165) is 32.1 Å². The summed E-state index contributed by atoms with van der Waals surface area (Å²) in [7, 11) is 0. The molecule has 2 aliphatic rings. The molecule has 1 aliphatic carbocycles. The van der Waals surface area contributed by atoms with E-state index in [2.05, 4.69) is 10.6 Å². The zero-order valence-corrected chi connectivity index (χ0v) is 17.0. The van der Waals surface area contributed by atoms with Crippen molar-refractivity contribution in [2.24, 2.45) is 0 Å². The van der Waals surface area contributed by atoms with Crippen LogP contribution in [0, 0.1) is 5.41 Å². The summed E-state index contributed by atoms with van der Waals surface area (Å²) in [6.45, 7) is 1.95. The highest BCUT2D eigenvalue weighted by molar-refractivity contribution is 6.45.